The largest absolute Gasteiger partial charge is 0.489 e. The maximum Gasteiger partial charge on any atom is 0.126 e. The van der Waals surface area contributed by atoms with Crippen molar-refractivity contribution in [2.24, 2.45) is 0 Å². The molecule has 1 nitrogen and oxygen atoms in total. The second-order valence-corrected chi connectivity index (χ2v) is 4.20. The monoisotopic (exact) mass is 250 g/mol. The van der Waals surface area contributed by atoms with Crippen molar-refractivity contribution >= 4 is 11.6 Å². The topological polar surface area (TPSA) is 9.23 Å². The first kappa shape index (κ1) is 11.9. The molecule has 0 aromatic heterocycles. The van der Waals surface area contributed by atoms with E-state index in [2.05, 4.69) is 0 Å². The summed E-state index contributed by atoms with van der Waals surface area (Å²) in [4.78, 5) is 0. The first-order chi connectivity index (χ1) is 8.16. The third-order valence-electron chi connectivity index (χ3n) is 2.48. The van der Waals surface area contributed by atoms with E-state index in [4.69, 9.17) is 16.3 Å². The van der Waals surface area contributed by atoms with Gasteiger partial charge in [0.05, 0.1) is 0 Å². The first-order valence-corrected chi connectivity index (χ1v) is 5.67. The van der Waals surface area contributed by atoms with Gasteiger partial charge >= 0.3 is 0 Å². The molecule has 0 saturated carbocycles. The van der Waals surface area contributed by atoms with Crippen molar-refractivity contribution in [1.82, 2.24) is 0 Å². The molecular formula is C14H12ClFO. The molecule has 0 atom stereocenters. The molecule has 17 heavy (non-hydrogen) atoms. The summed E-state index contributed by atoms with van der Waals surface area (Å²) in [5.41, 5.74) is 1.48. The number of rotatable bonds is 3. The second kappa shape index (κ2) is 5.19. The number of hydrogen-bond acceptors (Lipinski definition) is 1. The molecule has 0 fully saturated rings. The molecule has 0 aliphatic rings. The van der Waals surface area contributed by atoms with Crippen molar-refractivity contribution in [2.75, 3.05) is 0 Å². The zero-order chi connectivity index (χ0) is 12.3. The third kappa shape index (κ3) is 2.98. The van der Waals surface area contributed by atoms with Gasteiger partial charge in [0.15, 0.2) is 0 Å². The molecule has 0 saturated heterocycles. The lowest BCUT2D eigenvalue weighted by molar-refractivity contribution is 0.305. The molecule has 0 heterocycles. The van der Waals surface area contributed by atoms with E-state index in [0.717, 1.165) is 5.56 Å². The molecule has 0 amide bonds. The Bertz CT molecular complexity index is 525. The van der Waals surface area contributed by atoms with Crippen LogP contribution in [0.2, 0.25) is 5.02 Å². The number of aryl methyl sites for hydroxylation is 1. The molecule has 0 aliphatic carbocycles. The van der Waals surface area contributed by atoms with E-state index in [0.29, 0.717) is 22.9 Å². The van der Waals surface area contributed by atoms with Crippen LogP contribution in [-0.2, 0) is 6.61 Å². The van der Waals surface area contributed by atoms with Crippen LogP contribution in [0.4, 0.5) is 4.39 Å². The lowest BCUT2D eigenvalue weighted by atomic mass is 10.2. The van der Waals surface area contributed by atoms with Crippen LogP contribution in [0.15, 0.2) is 42.5 Å². The predicted molar refractivity (Wildman–Crippen MR) is 66.9 cm³/mol. The highest BCUT2D eigenvalue weighted by Gasteiger charge is 2.02. The Morgan fingerprint density at radius 3 is 2.65 bits per heavy atom. The summed E-state index contributed by atoms with van der Waals surface area (Å²) in [5, 5.41) is 0.673. The Labute approximate surface area is 105 Å². The fraction of sp³-hybridized carbons (Fsp3) is 0.143. The summed E-state index contributed by atoms with van der Waals surface area (Å²) in [7, 11) is 0. The lowest BCUT2D eigenvalue weighted by Gasteiger charge is -2.08. The Morgan fingerprint density at radius 1 is 1.18 bits per heavy atom. The molecule has 88 valence electrons. The fourth-order valence-corrected chi connectivity index (χ4v) is 1.67. The molecule has 2 aromatic carbocycles. The average molecular weight is 251 g/mol. The van der Waals surface area contributed by atoms with Crippen LogP contribution in [-0.4, -0.2) is 0 Å². The van der Waals surface area contributed by atoms with Crippen LogP contribution in [0.5, 0.6) is 5.75 Å². The van der Waals surface area contributed by atoms with Gasteiger partial charge in [0.1, 0.15) is 18.2 Å². The molecule has 2 aromatic rings. The molecule has 0 N–H and O–H groups in total. The smallest absolute Gasteiger partial charge is 0.126 e. The normalized spacial score (nSPS) is 10.3. The van der Waals surface area contributed by atoms with E-state index in [-0.39, 0.29) is 5.82 Å². The van der Waals surface area contributed by atoms with Crippen LogP contribution in [0.25, 0.3) is 0 Å². The number of benzene rings is 2. The molecule has 3 heteroatoms. The van der Waals surface area contributed by atoms with Crippen LogP contribution >= 0.6 is 11.6 Å². The van der Waals surface area contributed by atoms with Gasteiger partial charge in [-0.3, -0.25) is 0 Å². The van der Waals surface area contributed by atoms with Crippen molar-refractivity contribution in [3.8, 4) is 5.75 Å². The maximum absolute atomic E-state index is 13.0. The minimum absolute atomic E-state index is 0.227. The quantitative estimate of drug-likeness (QED) is 0.786. The second-order valence-electron chi connectivity index (χ2n) is 3.79. The summed E-state index contributed by atoms with van der Waals surface area (Å²) in [6.45, 7) is 2.09. The highest BCUT2D eigenvalue weighted by Crippen LogP contribution is 2.20. The van der Waals surface area contributed by atoms with Crippen molar-refractivity contribution < 1.29 is 9.13 Å². The lowest BCUT2D eigenvalue weighted by Crippen LogP contribution is -1.96. The Kier molecular flexibility index (Phi) is 3.64. The van der Waals surface area contributed by atoms with E-state index >= 15 is 0 Å². The van der Waals surface area contributed by atoms with Gasteiger partial charge in [0, 0.05) is 10.6 Å². The fourth-order valence-electron chi connectivity index (χ4n) is 1.48. The molecule has 0 spiro atoms. The third-order valence-corrected chi connectivity index (χ3v) is 2.85. The summed E-state index contributed by atoms with van der Waals surface area (Å²) in [5.74, 6) is 0.416. The Morgan fingerprint density at radius 2 is 1.94 bits per heavy atom. The van der Waals surface area contributed by atoms with E-state index < -0.39 is 0 Å². The van der Waals surface area contributed by atoms with Gasteiger partial charge in [-0.2, -0.15) is 0 Å². The van der Waals surface area contributed by atoms with Crippen molar-refractivity contribution in [1.29, 1.82) is 0 Å². The number of ether oxygens (including phenoxy) is 1. The van der Waals surface area contributed by atoms with Gasteiger partial charge in [0.2, 0.25) is 0 Å². The van der Waals surface area contributed by atoms with Gasteiger partial charge in [-0.1, -0.05) is 29.8 Å². The number of hydrogen-bond donors (Lipinski definition) is 0. The summed E-state index contributed by atoms with van der Waals surface area (Å²) in [6.07, 6.45) is 0. The van der Waals surface area contributed by atoms with Crippen LogP contribution < -0.4 is 4.74 Å². The summed E-state index contributed by atoms with van der Waals surface area (Å²) >= 11 is 6.01. The van der Waals surface area contributed by atoms with Crippen LogP contribution in [0.3, 0.4) is 0 Å². The van der Waals surface area contributed by atoms with E-state index in [1.165, 1.54) is 6.07 Å². The van der Waals surface area contributed by atoms with Crippen molar-refractivity contribution in [3.63, 3.8) is 0 Å². The Hall–Kier alpha value is -1.54. The van der Waals surface area contributed by atoms with Crippen LogP contribution in [0, 0.1) is 12.7 Å². The van der Waals surface area contributed by atoms with Crippen molar-refractivity contribution in [3.05, 3.63) is 64.4 Å². The standard InChI is InChI=1S/C14H12ClFO/c1-10-8-12(6-7-14(10)16)17-9-11-4-2-3-5-13(11)15/h2-8H,9H2,1H3. The molecule has 2 rings (SSSR count). The minimum atomic E-state index is -0.227. The summed E-state index contributed by atoms with van der Waals surface area (Å²) < 4.78 is 18.6. The van der Waals surface area contributed by atoms with Gasteiger partial charge in [-0.25, -0.2) is 4.39 Å². The predicted octanol–water partition coefficient (Wildman–Crippen LogP) is 4.37. The van der Waals surface area contributed by atoms with Gasteiger partial charge in [-0.05, 0) is 36.8 Å². The van der Waals surface area contributed by atoms with E-state index in [1.807, 2.05) is 24.3 Å². The zero-order valence-electron chi connectivity index (χ0n) is 9.41. The minimum Gasteiger partial charge on any atom is -0.489 e. The first-order valence-electron chi connectivity index (χ1n) is 5.29. The average Bonchev–Trinajstić information content (AvgIpc) is 2.32. The Balaban J connectivity index is 2.08. The van der Waals surface area contributed by atoms with Gasteiger partial charge in [-0.15, -0.1) is 0 Å². The molecule has 0 radical (unpaired) electrons. The van der Waals surface area contributed by atoms with Gasteiger partial charge < -0.3 is 4.74 Å². The number of halogens is 2. The van der Waals surface area contributed by atoms with Crippen LogP contribution in [0.1, 0.15) is 11.1 Å². The van der Waals surface area contributed by atoms with E-state index in [9.17, 15) is 4.39 Å². The zero-order valence-corrected chi connectivity index (χ0v) is 10.2. The highest BCUT2D eigenvalue weighted by molar-refractivity contribution is 6.31. The highest BCUT2D eigenvalue weighted by atomic mass is 35.5. The molecule has 0 bridgehead atoms. The van der Waals surface area contributed by atoms with E-state index in [1.54, 1.807) is 19.1 Å². The summed E-state index contributed by atoms with van der Waals surface area (Å²) in [6, 6.07) is 12.2. The maximum atomic E-state index is 13.0. The molecule has 0 aliphatic heterocycles. The SMILES string of the molecule is Cc1cc(OCc2ccccc2Cl)ccc1F. The van der Waals surface area contributed by atoms with Crippen molar-refractivity contribution in [2.45, 2.75) is 13.5 Å². The molecule has 0 unspecified atom stereocenters. The molecular weight excluding hydrogens is 239 g/mol. The van der Waals surface area contributed by atoms with Gasteiger partial charge in [0.25, 0.3) is 0 Å².